The molecule has 0 bridgehead atoms. The second-order valence-corrected chi connectivity index (χ2v) is 10.0. The lowest BCUT2D eigenvalue weighted by Gasteiger charge is -2.08. The maximum absolute atomic E-state index is 12.5. The van der Waals surface area contributed by atoms with Gasteiger partial charge in [-0.3, -0.25) is 9.59 Å². The molecule has 2 rings (SSSR count). The minimum absolute atomic E-state index is 0.139. The summed E-state index contributed by atoms with van der Waals surface area (Å²) in [5, 5.41) is 6.57. The van der Waals surface area contributed by atoms with Crippen molar-refractivity contribution in [1.82, 2.24) is 10.7 Å². The number of benzene rings is 2. The molecular weight excluding hydrogens is 534 g/mol. The summed E-state index contributed by atoms with van der Waals surface area (Å²) >= 11 is 3.39. The molecule has 2 aromatic rings. The number of carbonyl (C=O) groups excluding carboxylic acids is 3. The maximum Gasteiger partial charge on any atom is 0.343 e. The van der Waals surface area contributed by atoms with Gasteiger partial charge in [0, 0.05) is 16.5 Å². The fourth-order valence-corrected chi connectivity index (χ4v) is 4.10. The van der Waals surface area contributed by atoms with E-state index in [0.717, 1.165) is 29.3 Å². The van der Waals surface area contributed by atoms with Crippen molar-refractivity contribution in [3.8, 4) is 5.75 Å². The van der Waals surface area contributed by atoms with E-state index < -0.39 is 11.9 Å². The molecule has 37 heavy (non-hydrogen) atoms. The monoisotopic (exact) mass is 571 g/mol. The number of aryl methyl sites for hydroxylation is 1. The molecule has 0 fully saturated rings. The van der Waals surface area contributed by atoms with Gasteiger partial charge in [-0.15, -0.1) is 0 Å². The number of hydrazone groups is 1. The number of amides is 2. The summed E-state index contributed by atoms with van der Waals surface area (Å²) < 4.78 is 6.30. The topological polar surface area (TPSA) is 96.9 Å². The van der Waals surface area contributed by atoms with Crippen LogP contribution in [0.2, 0.25) is 0 Å². The third kappa shape index (κ3) is 12.7. The fourth-order valence-electron chi connectivity index (χ4n) is 3.72. The highest BCUT2D eigenvalue weighted by Gasteiger charge is 2.12. The van der Waals surface area contributed by atoms with Crippen LogP contribution in [0.15, 0.2) is 52.0 Å². The molecule has 0 radical (unpaired) electrons. The Morgan fingerprint density at radius 2 is 1.62 bits per heavy atom. The minimum atomic E-state index is -0.487. The van der Waals surface area contributed by atoms with Crippen LogP contribution in [-0.4, -0.2) is 30.5 Å². The van der Waals surface area contributed by atoms with Crippen LogP contribution in [0.4, 0.5) is 0 Å². The summed E-state index contributed by atoms with van der Waals surface area (Å²) in [7, 11) is 0. The number of hydrogen-bond acceptors (Lipinski definition) is 5. The summed E-state index contributed by atoms with van der Waals surface area (Å²) in [6.07, 6.45) is 12.5. The first-order chi connectivity index (χ1) is 17.9. The highest BCUT2D eigenvalue weighted by atomic mass is 79.9. The maximum atomic E-state index is 12.5. The van der Waals surface area contributed by atoms with E-state index in [9.17, 15) is 14.4 Å². The second kappa shape index (κ2) is 17.5. The largest absolute Gasteiger partial charge is 0.422 e. The molecule has 0 atom stereocenters. The molecule has 0 aliphatic rings. The van der Waals surface area contributed by atoms with Gasteiger partial charge in [-0.25, -0.2) is 10.2 Å². The normalized spacial score (nSPS) is 10.9. The summed E-state index contributed by atoms with van der Waals surface area (Å²) in [6.45, 7) is 3.97. The molecule has 200 valence electrons. The van der Waals surface area contributed by atoms with Crippen molar-refractivity contribution < 1.29 is 19.1 Å². The molecule has 0 saturated heterocycles. The van der Waals surface area contributed by atoms with E-state index in [1.165, 1.54) is 44.7 Å². The molecule has 0 aliphatic heterocycles. The molecule has 0 heterocycles. The Morgan fingerprint density at radius 1 is 0.919 bits per heavy atom. The van der Waals surface area contributed by atoms with Gasteiger partial charge >= 0.3 is 5.97 Å². The number of unbranched alkanes of at least 4 members (excludes halogenated alkanes) is 8. The van der Waals surface area contributed by atoms with Crippen LogP contribution in [-0.2, 0) is 9.59 Å². The van der Waals surface area contributed by atoms with Crippen LogP contribution in [0.25, 0.3) is 0 Å². The first kappa shape index (κ1) is 30.2. The summed E-state index contributed by atoms with van der Waals surface area (Å²) in [4.78, 5) is 36.6. The van der Waals surface area contributed by atoms with Gasteiger partial charge in [0.1, 0.15) is 5.75 Å². The quantitative estimate of drug-likeness (QED) is 0.0793. The Labute approximate surface area is 228 Å². The number of carbonyl (C=O) groups is 3. The number of halogens is 1. The lowest BCUT2D eigenvalue weighted by Crippen LogP contribution is -2.34. The number of esters is 1. The van der Waals surface area contributed by atoms with Crippen molar-refractivity contribution in [2.24, 2.45) is 5.10 Å². The van der Waals surface area contributed by atoms with Gasteiger partial charge in [-0.2, -0.15) is 5.10 Å². The van der Waals surface area contributed by atoms with Crippen LogP contribution >= 0.6 is 15.9 Å². The van der Waals surface area contributed by atoms with Crippen molar-refractivity contribution in [2.45, 2.75) is 78.1 Å². The Morgan fingerprint density at radius 3 is 2.32 bits per heavy atom. The Balaban J connectivity index is 1.71. The van der Waals surface area contributed by atoms with E-state index in [4.69, 9.17) is 4.74 Å². The van der Waals surface area contributed by atoms with E-state index in [-0.39, 0.29) is 12.5 Å². The molecule has 8 heteroatoms. The van der Waals surface area contributed by atoms with E-state index in [2.05, 4.69) is 38.7 Å². The van der Waals surface area contributed by atoms with Crippen LogP contribution in [0, 0.1) is 6.92 Å². The lowest BCUT2D eigenvalue weighted by molar-refractivity contribution is -0.126. The van der Waals surface area contributed by atoms with Crippen LogP contribution in [0.1, 0.15) is 92.6 Å². The molecule has 0 aliphatic carbocycles. The molecule has 2 amide bonds. The smallest absolute Gasteiger partial charge is 0.343 e. The van der Waals surface area contributed by atoms with Gasteiger partial charge < -0.3 is 10.1 Å². The molecule has 7 nitrogen and oxygen atoms in total. The van der Waals surface area contributed by atoms with Crippen molar-refractivity contribution in [2.75, 3.05) is 6.54 Å². The zero-order chi connectivity index (χ0) is 26.9. The fraction of sp³-hybridized carbons (Fsp3) is 0.448. The van der Waals surface area contributed by atoms with Crippen molar-refractivity contribution in [3.05, 3.63) is 63.6 Å². The highest BCUT2D eigenvalue weighted by molar-refractivity contribution is 9.10. The third-order valence-corrected chi connectivity index (χ3v) is 6.27. The number of nitrogens with zero attached hydrogens (tertiary/aromatic N) is 1. The average molecular weight is 573 g/mol. The molecule has 0 unspecified atom stereocenters. The Bertz CT molecular complexity index is 1060. The van der Waals surface area contributed by atoms with Crippen molar-refractivity contribution in [1.29, 1.82) is 0 Å². The number of rotatable bonds is 16. The van der Waals surface area contributed by atoms with Gasteiger partial charge in [0.15, 0.2) is 0 Å². The van der Waals surface area contributed by atoms with Crippen LogP contribution in [0.3, 0.4) is 0 Å². The van der Waals surface area contributed by atoms with Crippen molar-refractivity contribution >= 4 is 39.9 Å². The summed E-state index contributed by atoms with van der Waals surface area (Å²) in [5.41, 5.74) is 4.29. The molecular formula is C29H38BrN3O4. The summed E-state index contributed by atoms with van der Waals surface area (Å²) in [5.74, 6) is -0.759. The zero-order valence-electron chi connectivity index (χ0n) is 21.9. The first-order valence-electron chi connectivity index (χ1n) is 13.1. The SMILES string of the molecule is CCCCCCCCCCCC(=O)NCC(=O)N/N=C\c1cc(Br)ccc1OC(=O)c1cccc(C)c1. The molecule has 2 aromatic carbocycles. The van der Waals surface area contributed by atoms with E-state index >= 15 is 0 Å². The lowest BCUT2D eigenvalue weighted by atomic mass is 10.1. The number of nitrogens with one attached hydrogen (secondary N) is 2. The molecule has 0 aromatic heterocycles. The van der Waals surface area contributed by atoms with E-state index in [1.54, 1.807) is 36.4 Å². The van der Waals surface area contributed by atoms with Gasteiger partial charge in [-0.1, -0.05) is 91.9 Å². The predicted octanol–water partition coefficient (Wildman–Crippen LogP) is 6.46. The van der Waals surface area contributed by atoms with Gasteiger partial charge in [0.25, 0.3) is 5.91 Å². The van der Waals surface area contributed by atoms with E-state index in [1.807, 2.05) is 13.0 Å². The standard InChI is InChI=1S/C29H38BrN3O4/c1-3-4-5-6-7-8-9-10-11-15-27(34)31-21-28(35)33-32-20-24-19-25(30)16-17-26(24)37-29(36)23-14-12-13-22(2)18-23/h12-14,16-20H,3-11,15,21H2,1-2H3,(H,31,34)(H,33,35)/b32-20-. The van der Waals surface area contributed by atoms with Crippen molar-refractivity contribution in [3.63, 3.8) is 0 Å². The molecule has 0 saturated carbocycles. The summed E-state index contributed by atoms with van der Waals surface area (Å²) in [6, 6.07) is 12.2. The van der Waals surface area contributed by atoms with E-state index in [0.29, 0.717) is 23.3 Å². The second-order valence-electron chi connectivity index (χ2n) is 9.09. The highest BCUT2D eigenvalue weighted by Crippen LogP contribution is 2.23. The van der Waals surface area contributed by atoms with Crippen LogP contribution in [0.5, 0.6) is 5.75 Å². The molecule has 2 N–H and O–H groups in total. The predicted molar refractivity (Wildman–Crippen MR) is 151 cm³/mol. The molecule has 0 spiro atoms. The third-order valence-electron chi connectivity index (χ3n) is 5.77. The Kier molecular flexibility index (Phi) is 14.3. The number of hydrogen-bond donors (Lipinski definition) is 2. The minimum Gasteiger partial charge on any atom is -0.422 e. The van der Waals surface area contributed by atoms with Gasteiger partial charge in [0.2, 0.25) is 5.91 Å². The zero-order valence-corrected chi connectivity index (χ0v) is 23.4. The average Bonchev–Trinajstić information content (AvgIpc) is 2.88. The van der Waals surface area contributed by atoms with Crippen LogP contribution < -0.4 is 15.5 Å². The first-order valence-corrected chi connectivity index (χ1v) is 13.9. The van der Waals surface area contributed by atoms with Gasteiger partial charge in [-0.05, 0) is 43.7 Å². The Hall–Kier alpha value is -3.00. The van der Waals surface area contributed by atoms with Gasteiger partial charge in [0.05, 0.1) is 18.3 Å². The number of ether oxygens (including phenoxy) is 1.